The molecule has 74 valence electrons. The highest BCUT2D eigenvalue weighted by Crippen LogP contribution is 2.35. The molecule has 2 heterocycles. The molecule has 4 heteroatoms. The minimum absolute atomic E-state index is 0.342. The zero-order valence-corrected chi connectivity index (χ0v) is 8.60. The van der Waals surface area contributed by atoms with Crippen LogP contribution in [0.2, 0.25) is 0 Å². The third kappa shape index (κ3) is 1.65. The third-order valence-electron chi connectivity index (χ3n) is 2.03. The zero-order chi connectivity index (χ0) is 9.97. The van der Waals surface area contributed by atoms with E-state index in [0.717, 1.165) is 23.7 Å². The minimum atomic E-state index is -0.342. The third-order valence-corrected chi connectivity index (χ3v) is 3.01. The number of thiophene rings is 1. The van der Waals surface area contributed by atoms with Gasteiger partial charge in [-0.25, -0.2) is 4.79 Å². The molecule has 0 saturated carbocycles. The van der Waals surface area contributed by atoms with Gasteiger partial charge in [0.25, 0.3) is 0 Å². The Morgan fingerprint density at radius 3 is 3.36 bits per heavy atom. The Balaban J connectivity index is 2.17. The molecule has 0 aromatic carbocycles. The summed E-state index contributed by atoms with van der Waals surface area (Å²) in [5.74, 6) is 0.584. The van der Waals surface area contributed by atoms with Crippen LogP contribution in [0, 0.1) is 0 Å². The lowest BCUT2D eigenvalue weighted by Gasteiger charge is -1.95. The molecule has 1 aliphatic heterocycles. The molecule has 0 spiro atoms. The standard InChI is InChI=1S/C10H10O3S/c1-12-9(11)3-2-8-10-7(6-14-8)4-5-13-10/h2-3,6H,4-5H2,1H3/b3-2+. The van der Waals surface area contributed by atoms with Crippen molar-refractivity contribution in [1.29, 1.82) is 0 Å². The molecule has 0 amide bonds. The molecule has 1 aromatic heterocycles. The molecule has 0 saturated heterocycles. The Hall–Kier alpha value is -1.29. The van der Waals surface area contributed by atoms with Crippen molar-refractivity contribution in [3.8, 4) is 5.75 Å². The number of rotatable bonds is 2. The van der Waals surface area contributed by atoms with Gasteiger partial charge >= 0.3 is 5.97 Å². The first-order valence-corrected chi connectivity index (χ1v) is 5.18. The molecule has 0 radical (unpaired) electrons. The van der Waals surface area contributed by atoms with Crippen molar-refractivity contribution in [2.24, 2.45) is 0 Å². The van der Waals surface area contributed by atoms with Crippen LogP contribution in [-0.4, -0.2) is 19.7 Å². The van der Waals surface area contributed by atoms with Gasteiger partial charge < -0.3 is 9.47 Å². The highest BCUT2D eigenvalue weighted by atomic mass is 32.1. The van der Waals surface area contributed by atoms with E-state index in [1.54, 1.807) is 17.4 Å². The summed E-state index contributed by atoms with van der Waals surface area (Å²) in [4.78, 5) is 11.9. The van der Waals surface area contributed by atoms with E-state index in [-0.39, 0.29) is 5.97 Å². The molecule has 0 atom stereocenters. The smallest absolute Gasteiger partial charge is 0.330 e. The summed E-state index contributed by atoms with van der Waals surface area (Å²) in [7, 11) is 1.36. The van der Waals surface area contributed by atoms with E-state index in [1.165, 1.54) is 18.7 Å². The molecule has 1 aromatic rings. The summed E-state index contributed by atoms with van der Waals surface area (Å²) in [6.45, 7) is 0.747. The van der Waals surface area contributed by atoms with Crippen LogP contribution in [-0.2, 0) is 16.0 Å². The van der Waals surface area contributed by atoms with Crippen LogP contribution in [0.3, 0.4) is 0 Å². The minimum Gasteiger partial charge on any atom is -0.491 e. The summed E-state index contributed by atoms with van der Waals surface area (Å²) in [6.07, 6.45) is 4.12. The predicted molar refractivity (Wildman–Crippen MR) is 54.6 cm³/mol. The second-order valence-corrected chi connectivity index (χ2v) is 3.82. The van der Waals surface area contributed by atoms with E-state index in [0.29, 0.717) is 0 Å². The van der Waals surface area contributed by atoms with E-state index >= 15 is 0 Å². The summed E-state index contributed by atoms with van der Waals surface area (Å²) < 4.78 is 9.95. The molecular weight excluding hydrogens is 200 g/mol. The molecular formula is C10H10O3S. The van der Waals surface area contributed by atoms with Crippen molar-refractivity contribution in [1.82, 2.24) is 0 Å². The van der Waals surface area contributed by atoms with Gasteiger partial charge in [-0.3, -0.25) is 0 Å². The number of esters is 1. The second kappa shape index (κ2) is 3.84. The Kier molecular flexibility index (Phi) is 2.54. The number of hydrogen-bond acceptors (Lipinski definition) is 4. The van der Waals surface area contributed by atoms with Crippen LogP contribution < -0.4 is 4.74 Å². The van der Waals surface area contributed by atoms with Crippen LogP contribution in [0.5, 0.6) is 5.75 Å². The fourth-order valence-corrected chi connectivity index (χ4v) is 2.26. The van der Waals surface area contributed by atoms with Gasteiger partial charge in [0.15, 0.2) is 0 Å². The number of carbonyl (C=O) groups is 1. The van der Waals surface area contributed by atoms with Crippen LogP contribution in [0.25, 0.3) is 6.08 Å². The molecule has 0 N–H and O–H groups in total. The van der Waals surface area contributed by atoms with Crippen molar-refractivity contribution >= 4 is 23.4 Å². The lowest BCUT2D eigenvalue weighted by Crippen LogP contribution is -1.93. The molecule has 3 nitrogen and oxygen atoms in total. The van der Waals surface area contributed by atoms with Crippen LogP contribution >= 0.6 is 11.3 Å². The van der Waals surface area contributed by atoms with Crippen molar-refractivity contribution < 1.29 is 14.3 Å². The van der Waals surface area contributed by atoms with Gasteiger partial charge in [-0.2, -0.15) is 0 Å². The molecule has 0 aliphatic carbocycles. The fourth-order valence-electron chi connectivity index (χ4n) is 1.33. The predicted octanol–water partition coefficient (Wildman–Crippen LogP) is 1.87. The Morgan fingerprint density at radius 2 is 2.57 bits per heavy atom. The summed E-state index contributed by atoms with van der Waals surface area (Å²) in [6, 6.07) is 0. The normalized spacial score (nSPS) is 14.1. The van der Waals surface area contributed by atoms with Crippen LogP contribution in [0.15, 0.2) is 11.5 Å². The van der Waals surface area contributed by atoms with Crippen molar-refractivity contribution in [3.63, 3.8) is 0 Å². The average molecular weight is 210 g/mol. The Bertz CT molecular complexity index is 379. The number of hydrogen-bond donors (Lipinski definition) is 0. The highest BCUT2D eigenvalue weighted by Gasteiger charge is 2.16. The van der Waals surface area contributed by atoms with E-state index in [9.17, 15) is 4.79 Å². The quantitative estimate of drug-likeness (QED) is 0.552. The average Bonchev–Trinajstić information content (AvgIpc) is 2.76. The lowest BCUT2D eigenvalue weighted by molar-refractivity contribution is -0.134. The second-order valence-electron chi connectivity index (χ2n) is 2.91. The molecule has 1 aliphatic rings. The van der Waals surface area contributed by atoms with E-state index < -0.39 is 0 Å². The summed E-state index contributed by atoms with van der Waals surface area (Å²) in [5, 5.41) is 2.07. The van der Waals surface area contributed by atoms with Gasteiger partial charge in [-0.1, -0.05) is 0 Å². The van der Waals surface area contributed by atoms with Crippen LogP contribution in [0.1, 0.15) is 10.4 Å². The van der Waals surface area contributed by atoms with Crippen molar-refractivity contribution in [3.05, 3.63) is 21.9 Å². The first-order valence-electron chi connectivity index (χ1n) is 4.30. The largest absolute Gasteiger partial charge is 0.491 e. The number of ether oxygens (including phenoxy) is 2. The van der Waals surface area contributed by atoms with Crippen LogP contribution in [0.4, 0.5) is 0 Å². The summed E-state index contributed by atoms with van der Waals surface area (Å²) in [5.41, 5.74) is 1.24. The first kappa shape index (κ1) is 9.27. The number of methoxy groups -OCH3 is 1. The molecule has 2 rings (SSSR count). The SMILES string of the molecule is COC(=O)/C=C/c1scc2c1OCC2. The van der Waals surface area contributed by atoms with Crippen molar-refractivity contribution in [2.45, 2.75) is 6.42 Å². The van der Waals surface area contributed by atoms with Gasteiger partial charge in [0.05, 0.1) is 18.6 Å². The van der Waals surface area contributed by atoms with E-state index in [2.05, 4.69) is 10.1 Å². The fraction of sp³-hybridized carbons (Fsp3) is 0.300. The molecule has 14 heavy (non-hydrogen) atoms. The monoisotopic (exact) mass is 210 g/mol. The molecule has 0 fully saturated rings. The Morgan fingerprint density at radius 1 is 1.71 bits per heavy atom. The van der Waals surface area contributed by atoms with E-state index in [1.807, 2.05) is 0 Å². The van der Waals surface area contributed by atoms with E-state index in [4.69, 9.17) is 4.74 Å². The van der Waals surface area contributed by atoms with Crippen molar-refractivity contribution in [2.75, 3.05) is 13.7 Å². The Labute approximate surface area is 86.0 Å². The highest BCUT2D eigenvalue weighted by molar-refractivity contribution is 7.11. The van der Waals surface area contributed by atoms with Gasteiger partial charge in [-0.15, -0.1) is 11.3 Å². The van der Waals surface area contributed by atoms with Gasteiger partial charge in [0.1, 0.15) is 5.75 Å². The maximum atomic E-state index is 10.9. The number of fused-ring (bicyclic) bond motifs is 1. The van der Waals surface area contributed by atoms with Gasteiger partial charge in [-0.05, 0) is 11.5 Å². The van der Waals surface area contributed by atoms with Gasteiger partial charge in [0, 0.05) is 18.1 Å². The molecule has 0 bridgehead atoms. The molecule has 0 unspecified atom stereocenters. The first-order chi connectivity index (χ1) is 6.81. The number of carbonyl (C=O) groups excluding carboxylic acids is 1. The maximum Gasteiger partial charge on any atom is 0.330 e. The maximum absolute atomic E-state index is 10.9. The zero-order valence-electron chi connectivity index (χ0n) is 7.78. The van der Waals surface area contributed by atoms with Gasteiger partial charge in [0.2, 0.25) is 0 Å². The lowest BCUT2D eigenvalue weighted by atomic mass is 10.2. The summed E-state index contributed by atoms with van der Waals surface area (Å²) >= 11 is 1.58. The topological polar surface area (TPSA) is 35.5 Å².